The van der Waals surface area contributed by atoms with E-state index in [1.807, 2.05) is 0 Å². The van der Waals surface area contributed by atoms with Gasteiger partial charge in [-0.1, -0.05) is 35.4 Å². The van der Waals surface area contributed by atoms with Gasteiger partial charge in [0.25, 0.3) is 0 Å². The molecule has 1 heteroatoms. The van der Waals surface area contributed by atoms with Gasteiger partial charge >= 0.3 is 0 Å². The molecule has 0 atom stereocenters. The van der Waals surface area contributed by atoms with Crippen molar-refractivity contribution in [3.8, 4) is 0 Å². The molecule has 1 aromatic carbocycles. The van der Waals surface area contributed by atoms with Gasteiger partial charge in [-0.15, -0.1) is 0 Å². The summed E-state index contributed by atoms with van der Waals surface area (Å²) in [6.07, 6.45) is 0. The van der Waals surface area contributed by atoms with Gasteiger partial charge in [-0.25, -0.2) is 0 Å². The standard InChI is InChI=1S/C8H10.K/c1-7-3-5-8(2)6-4-7;/h3-6H,1-2H3;. The van der Waals surface area contributed by atoms with Crippen molar-refractivity contribution in [3.05, 3.63) is 35.4 Å². The van der Waals surface area contributed by atoms with Crippen molar-refractivity contribution in [2.45, 2.75) is 13.8 Å². The molecule has 0 bridgehead atoms. The summed E-state index contributed by atoms with van der Waals surface area (Å²) in [6.45, 7) is 4.19. The van der Waals surface area contributed by atoms with Crippen LogP contribution in [0.15, 0.2) is 24.3 Å². The predicted octanol–water partition coefficient (Wildman–Crippen LogP) is 1.92. The smallest absolute Gasteiger partial charge is 0 e. The minimum absolute atomic E-state index is 0. The molecule has 0 unspecified atom stereocenters. The number of benzene rings is 1. The van der Waals surface area contributed by atoms with Crippen molar-refractivity contribution >= 4 is 51.4 Å². The maximum Gasteiger partial charge on any atom is 0 e. The van der Waals surface area contributed by atoms with Gasteiger partial charge in [0.1, 0.15) is 0 Å². The monoisotopic (exact) mass is 145 g/mol. The van der Waals surface area contributed by atoms with Crippen LogP contribution >= 0.6 is 0 Å². The Labute approximate surface area is 99.1 Å². The third-order valence-electron chi connectivity index (χ3n) is 1.22. The third-order valence-corrected chi connectivity index (χ3v) is 1.22. The van der Waals surface area contributed by atoms with E-state index in [9.17, 15) is 0 Å². The molecule has 0 aliphatic rings. The zero-order valence-electron chi connectivity index (χ0n) is 6.31. The molecule has 1 aromatic rings. The minimum atomic E-state index is 0. The van der Waals surface area contributed by atoms with Crippen LogP contribution in [0.2, 0.25) is 0 Å². The molecule has 0 amide bonds. The molecular weight excluding hydrogens is 135 g/mol. The molecule has 0 fully saturated rings. The van der Waals surface area contributed by atoms with E-state index in [1.165, 1.54) is 11.1 Å². The maximum absolute atomic E-state index is 2.12. The van der Waals surface area contributed by atoms with E-state index in [0.29, 0.717) is 0 Å². The molecule has 0 heterocycles. The van der Waals surface area contributed by atoms with Crippen molar-refractivity contribution in [3.63, 3.8) is 0 Å². The summed E-state index contributed by atoms with van der Waals surface area (Å²) in [5.74, 6) is 0. The fraction of sp³-hybridized carbons (Fsp3) is 0.250. The second kappa shape index (κ2) is 4.64. The van der Waals surface area contributed by atoms with Gasteiger partial charge in [0.2, 0.25) is 0 Å². The Balaban J connectivity index is 0.000000640. The number of aryl methyl sites for hydroxylation is 2. The van der Waals surface area contributed by atoms with Crippen LogP contribution in [0.3, 0.4) is 0 Å². The molecule has 1 radical (unpaired) electrons. The number of hydrogen-bond donors (Lipinski definition) is 0. The summed E-state index contributed by atoms with van der Waals surface area (Å²) in [5, 5.41) is 0. The van der Waals surface area contributed by atoms with E-state index in [2.05, 4.69) is 38.1 Å². The summed E-state index contributed by atoms with van der Waals surface area (Å²) in [5.41, 5.74) is 2.66. The van der Waals surface area contributed by atoms with Gasteiger partial charge in [0, 0.05) is 51.4 Å². The van der Waals surface area contributed by atoms with E-state index in [1.54, 1.807) is 0 Å². The Kier molecular flexibility index (Phi) is 5.08. The molecule has 0 saturated carbocycles. The summed E-state index contributed by atoms with van der Waals surface area (Å²) < 4.78 is 0. The molecule has 0 aromatic heterocycles. The second-order valence-electron chi connectivity index (χ2n) is 2.15. The van der Waals surface area contributed by atoms with Crippen molar-refractivity contribution in [1.29, 1.82) is 0 Å². The molecule has 0 aliphatic heterocycles. The van der Waals surface area contributed by atoms with E-state index in [4.69, 9.17) is 0 Å². The van der Waals surface area contributed by atoms with Gasteiger partial charge in [0.15, 0.2) is 0 Å². The number of hydrogen-bond acceptors (Lipinski definition) is 0. The van der Waals surface area contributed by atoms with Crippen molar-refractivity contribution in [1.82, 2.24) is 0 Å². The van der Waals surface area contributed by atoms with Crippen LogP contribution in [0.4, 0.5) is 0 Å². The first-order chi connectivity index (χ1) is 3.79. The second-order valence-corrected chi connectivity index (χ2v) is 2.15. The first-order valence-electron chi connectivity index (χ1n) is 2.82. The van der Waals surface area contributed by atoms with Crippen LogP contribution in [0, 0.1) is 13.8 Å². The van der Waals surface area contributed by atoms with Gasteiger partial charge in [-0.05, 0) is 13.8 Å². The van der Waals surface area contributed by atoms with Crippen LogP contribution in [-0.2, 0) is 0 Å². The largest absolute Gasteiger partial charge is 0.0591 e. The molecule has 0 aliphatic carbocycles. The molecular formula is C8H10K. The van der Waals surface area contributed by atoms with Crippen LogP contribution in [0.5, 0.6) is 0 Å². The molecule has 9 heavy (non-hydrogen) atoms. The van der Waals surface area contributed by atoms with E-state index in [-0.39, 0.29) is 51.4 Å². The summed E-state index contributed by atoms with van der Waals surface area (Å²) in [6, 6.07) is 8.48. The summed E-state index contributed by atoms with van der Waals surface area (Å²) in [4.78, 5) is 0. The Morgan fingerprint density at radius 3 is 1.22 bits per heavy atom. The predicted molar refractivity (Wildman–Crippen MR) is 41.7 cm³/mol. The van der Waals surface area contributed by atoms with Crippen molar-refractivity contribution < 1.29 is 0 Å². The SMILES string of the molecule is Cc1ccc(C)cc1.[K]. The first-order valence-corrected chi connectivity index (χ1v) is 2.82. The molecule has 0 spiro atoms. The topological polar surface area (TPSA) is 0 Å². The summed E-state index contributed by atoms with van der Waals surface area (Å²) in [7, 11) is 0. The molecule has 0 N–H and O–H groups in total. The Bertz CT molecular complexity index is 143. The van der Waals surface area contributed by atoms with Crippen LogP contribution < -0.4 is 0 Å². The Hall–Kier alpha value is 0.856. The average Bonchev–Trinajstić information content (AvgIpc) is 1.77. The Morgan fingerprint density at radius 1 is 0.778 bits per heavy atom. The van der Waals surface area contributed by atoms with Crippen LogP contribution in [0.1, 0.15) is 11.1 Å². The zero-order valence-corrected chi connectivity index (χ0v) is 9.43. The molecule has 43 valence electrons. The molecule has 0 saturated heterocycles. The average molecular weight is 145 g/mol. The van der Waals surface area contributed by atoms with Crippen molar-refractivity contribution in [2.75, 3.05) is 0 Å². The summed E-state index contributed by atoms with van der Waals surface area (Å²) >= 11 is 0. The van der Waals surface area contributed by atoms with Gasteiger partial charge in [-0.2, -0.15) is 0 Å². The number of rotatable bonds is 0. The zero-order chi connectivity index (χ0) is 5.98. The quantitative estimate of drug-likeness (QED) is 0.489. The van der Waals surface area contributed by atoms with E-state index >= 15 is 0 Å². The first kappa shape index (κ1) is 9.86. The fourth-order valence-electron chi connectivity index (χ4n) is 0.637. The van der Waals surface area contributed by atoms with Crippen LogP contribution in [-0.4, -0.2) is 51.4 Å². The maximum atomic E-state index is 2.12. The third kappa shape index (κ3) is 3.53. The minimum Gasteiger partial charge on any atom is -0.0591 e. The van der Waals surface area contributed by atoms with Crippen LogP contribution in [0.25, 0.3) is 0 Å². The molecule has 0 nitrogen and oxygen atoms in total. The van der Waals surface area contributed by atoms with Crippen molar-refractivity contribution in [2.24, 2.45) is 0 Å². The molecule has 1 rings (SSSR count). The Morgan fingerprint density at radius 2 is 1.00 bits per heavy atom. The normalized spacial score (nSPS) is 8.22. The van der Waals surface area contributed by atoms with Gasteiger partial charge in [-0.3, -0.25) is 0 Å². The van der Waals surface area contributed by atoms with E-state index in [0.717, 1.165) is 0 Å². The van der Waals surface area contributed by atoms with Gasteiger partial charge in [0.05, 0.1) is 0 Å². The van der Waals surface area contributed by atoms with E-state index < -0.39 is 0 Å². The van der Waals surface area contributed by atoms with Gasteiger partial charge < -0.3 is 0 Å². The fourth-order valence-corrected chi connectivity index (χ4v) is 0.637.